The minimum Gasteiger partial charge on any atom is -0.478 e. The second-order valence-corrected chi connectivity index (χ2v) is 9.96. The summed E-state index contributed by atoms with van der Waals surface area (Å²) in [4.78, 5) is 72.8. The zero-order chi connectivity index (χ0) is 26.9. The molecule has 0 bridgehead atoms. The molecule has 37 heavy (non-hydrogen) atoms. The summed E-state index contributed by atoms with van der Waals surface area (Å²) in [5, 5.41) is 22.6. The number of anilines is 2. The van der Waals surface area contributed by atoms with Crippen molar-refractivity contribution in [2.45, 2.75) is 19.4 Å². The van der Waals surface area contributed by atoms with Crippen molar-refractivity contribution in [1.82, 2.24) is 4.90 Å². The second kappa shape index (κ2) is 10.5. The van der Waals surface area contributed by atoms with Crippen LogP contribution in [0.1, 0.15) is 39.4 Å². The number of carbonyl (C=O) groups is 6. The lowest BCUT2D eigenvalue weighted by molar-refractivity contribution is -0.147. The van der Waals surface area contributed by atoms with Gasteiger partial charge in [-0.3, -0.25) is 24.1 Å². The molecule has 4 amide bonds. The molecule has 0 radical (unpaired) electrons. The summed E-state index contributed by atoms with van der Waals surface area (Å²) < 4.78 is 5.74. The molecule has 0 aliphatic carbocycles. The fourth-order valence-corrected chi connectivity index (χ4v) is 5.94. The Morgan fingerprint density at radius 2 is 1.84 bits per heavy atom. The first-order chi connectivity index (χ1) is 17.5. The van der Waals surface area contributed by atoms with Crippen LogP contribution < -0.4 is 10.6 Å². The number of aliphatic carboxylic acids is 1. The molecule has 192 valence electrons. The van der Waals surface area contributed by atoms with E-state index in [0.717, 1.165) is 28.0 Å². The number of hydrogen-bond acceptors (Lipinski definition) is 9. The van der Waals surface area contributed by atoms with Gasteiger partial charge in [-0.1, -0.05) is 12.1 Å². The number of ether oxygens (including phenoxy) is 1. The summed E-state index contributed by atoms with van der Waals surface area (Å²) in [6, 6.07) is 6.68. The highest BCUT2D eigenvalue weighted by Crippen LogP contribution is 2.43. The van der Waals surface area contributed by atoms with Gasteiger partial charge in [-0.15, -0.1) is 11.3 Å². The van der Waals surface area contributed by atoms with Gasteiger partial charge in [0.1, 0.15) is 11.1 Å². The molecule has 1 atom stereocenters. The molecule has 1 aromatic carbocycles. The van der Waals surface area contributed by atoms with Gasteiger partial charge in [0.2, 0.25) is 5.91 Å². The van der Waals surface area contributed by atoms with Gasteiger partial charge in [0.05, 0.1) is 23.6 Å². The minimum absolute atomic E-state index is 0.105. The highest BCUT2D eigenvalue weighted by atomic mass is 32.2. The average molecular weight is 546 g/mol. The van der Waals surface area contributed by atoms with E-state index < -0.39 is 35.1 Å². The maximum atomic E-state index is 13.0. The van der Waals surface area contributed by atoms with Crippen LogP contribution in [0.25, 0.3) is 6.08 Å². The number of amides is 4. The summed E-state index contributed by atoms with van der Waals surface area (Å²) in [7, 11) is 0. The van der Waals surface area contributed by atoms with Gasteiger partial charge in [0, 0.05) is 17.5 Å². The molecule has 1 unspecified atom stereocenters. The first kappa shape index (κ1) is 26.1. The Morgan fingerprint density at radius 3 is 2.46 bits per heavy atom. The van der Waals surface area contributed by atoms with Crippen LogP contribution in [-0.4, -0.2) is 63.2 Å². The SMILES string of the molecule is CC(=O)Nc1ccc(C=C2SC(=O)N(CC3OCCc4c3sc(NC(=O)C(=O)O)c4C(=O)O)C2=O)cc1. The van der Waals surface area contributed by atoms with Gasteiger partial charge < -0.3 is 25.6 Å². The van der Waals surface area contributed by atoms with Gasteiger partial charge in [0.25, 0.3) is 11.1 Å². The molecule has 4 N–H and O–H groups in total. The fraction of sp³-hybridized carbons (Fsp3) is 0.217. The molecule has 2 aromatic rings. The number of carbonyl (C=O) groups excluding carboxylic acids is 4. The average Bonchev–Trinajstić information content (AvgIpc) is 3.32. The van der Waals surface area contributed by atoms with Crippen molar-refractivity contribution in [2.24, 2.45) is 0 Å². The van der Waals surface area contributed by atoms with Crippen molar-refractivity contribution in [2.75, 3.05) is 23.8 Å². The van der Waals surface area contributed by atoms with Crippen molar-refractivity contribution >= 4 is 74.8 Å². The third kappa shape index (κ3) is 5.55. The molecule has 12 nitrogen and oxygen atoms in total. The maximum Gasteiger partial charge on any atom is 0.394 e. The van der Waals surface area contributed by atoms with Crippen LogP contribution in [0.3, 0.4) is 0 Å². The monoisotopic (exact) mass is 545 g/mol. The fourth-order valence-electron chi connectivity index (χ4n) is 3.82. The normalized spacial score (nSPS) is 18.0. The van der Waals surface area contributed by atoms with E-state index in [2.05, 4.69) is 10.6 Å². The Labute approximate surface area is 217 Å². The summed E-state index contributed by atoms with van der Waals surface area (Å²) >= 11 is 1.58. The quantitative estimate of drug-likeness (QED) is 0.311. The van der Waals surface area contributed by atoms with Crippen LogP contribution in [-0.2, 0) is 30.3 Å². The predicted octanol–water partition coefficient (Wildman–Crippen LogP) is 2.78. The standard InChI is InChI=1S/C23H19N3O9S2/c1-10(27)24-12-4-2-11(3-5-12)8-15-20(29)26(23(34)36-15)9-14-17-13(6-7-35-14)16(21(30)31)19(37-17)25-18(28)22(32)33/h2-5,8,14H,6-7,9H2,1H3,(H,24,27)(H,25,28)(H,30,31)(H,32,33). The van der Waals surface area contributed by atoms with Gasteiger partial charge in [0.15, 0.2) is 0 Å². The molecular formula is C23H19N3O9S2. The van der Waals surface area contributed by atoms with Crippen LogP contribution in [0.4, 0.5) is 15.5 Å². The number of aromatic carboxylic acids is 1. The third-order valence-electron chi connectivity index (χ3n) is 5.39. The Hall–Kier alpha value is -4.01. The van der Waals surface area contributed by atoms with Gasteiger partial charge in [-0.05, 0) is 47.5 Å². The number of benzene rings is 1. The number of thiophene rings is 1. The molecule has 2 aliphatic rings. The van der Waals surface area contributed by atoms with Crippen molar-refractivity contribution < 1.29 is 43.7 Å². The van der Waals surface area contributed by atoms with Crippen LogP contribution in [0.2, 0.25) is 0 Å². The topological polar surface area (TPSA) is 179 Å². The van der Waals surface area contributed by atoms with Crippen molar-refractivity contribution in [3.05, 3.63) is 50.7 Å². The predicted molar refractivity (Wildman–Crippen MR) is 133 cm³/mol. The number of thioether (sulfide) groups is 1. The van der Waals surface area contributed by atoms with Crippen molar-refractivity contribution in [3.63, 3.8) is 0 Å². The summed E-state index contributed by atoms with van der Waals surface area (Å²) in [5.74, 6) is -5.28. The first-order valence-electron chi connectivity index (χ1n) is 10.7. The molecular weight excluding hydrogens is 526 g/mol. The number of carboxylic acids is 2. The zero-order valence-electron chi connectivity index (χ0n) is 19.1. The molecule has 2 aliphatic heterocycles. The number of rotatable bonds is 6. The molecule has 0 spiro atoms. The molecule has 4 rings (SSSR count). The van der Waals surface area contributed by atoms with Crippen LogP contribution >= 0.6 is 23.1 Å². The Kier molecular flexibility index (Phi) is 7.42. The van der Waals surface area contributed by atoms with Crippen LogP contribution in [0.15, 0.2) is 29.2 Å². The molecule has 1 aromatic heterocycles. The number of carboxylic acid groups (broad SMARTS) is 2. The van der Waals surface area contributed by atoms with E-state index in [4.69, 9.17) is 9.84 Å². The smallest absolute Gasteiger partial charge is 0.394 e. The largest absolute Gasteiger partial charge is 0.478 e. The summed E-state index contributed by atoms with van der Waals surface area (Å²) in [5.41, 5.74) is 1.34. The summed E-state index contributed by atoms with van der Waals surface area (Å²) in [6.07, 6.45) is 0.888. The lowest BCUT2D eigenvalue weighted by Crippen LogP contribution is -2.34. The summed E-state index contributed by atoms with van der Waals surface area (Å²) in [6.45, 7) is 1.30. The lowest BCUT2D eigenvalue weighted by Gasteiger charge is -2.26. The van der Waals surface area contributed by atoms with Crippen LogP contribution in [0.5, 0.6) is 0 Å². The molecule has 3 heterocycles. The first-order valence-corrected chi connectivity index (χ1v) is 12.4. The number of fused-ring (bicyclic) bond motifs is 1. The van der Waals surface area contributed by atoms with E-state index in [1.165, 1.54) is 6.92 Å². The highest BCUT2D eigenvalue weighted by Gasteiger charge is 2.40. The van der Waals surface area contributed by atoms with Gasteiger partial charge >= 0.3 is 17.8 Å². The highest BCUT2D eigenvalue weighted by molar-refractivity contribution is 8.18. The second-order valence-electron chi connectivity index (χ2n) is 7.92. The van der Waals surface area contributed by atoms with Crippen molar-refractivity contribution in [1.29, 1.82) is 0 Å². The molecule has 1 fully saturated rings. The third-order valence-corrected chi connectivity index (χ3v) is 7.53. The Morgan fingerprint density at radius 1 is 1.14 bits per heavy atom. The lowest BCUT2D eigenvalue weighted by atomic mass is 10.0. The van der Waals surface area contributed by atoms with Crippen molar-refractivity contribution in [3.8, 4) is 0 Å². The molecule has 14 heteroatoms. The number of nitrogens with one attached hydrogen (secondary N) is 2. The van der Waals surface area contributed by atoms with E-state index in [0.29, 0.717) is 21.7 Å². The zero-order valence-corrected chi connectivity index (χ0v) is 20.7. The van der Waals surface area contributed by atoms with Gasteiger partial charge in [-0.2, -0.15) is 0 Å². The number of nitrogens with zero attached hydrogens (tertiary/aromatic N) is 1. The van der Waals surface area contributed by atoms with E-state index >= 15 is 0 Å². The van der Waals surface area contributed by atoms with E-state index in [1.807, 2.05) is 0 Å². The van der Waals surface area contributed by atoms with E-state index in [-0.39, 0.29) is 40.9 Å². The number of imide groups is 1. The molecule has 0 saturated carbocycles. The Balaban J connectivity index is 1.55. The minimum atomic E-state index is -1.77. The Bertz CT molecular complexity index is 1360. The van der Waals surface area contributed by atoms with Crippen LogP contribution in [0, 0.1) is 0 Å². The van der Waals surface area contributed by atoms with Gasteiger partial charge in [-0.25, -0.2) is 9.59 Å². The molecule has 1 saturated heterocycles. The number of hydrogen-bond donors (Lipinski definition) is 4. The van der Waals surface area contributed by atoms with E-state index in [1.54, 1.807) is 30.3 Å². The van der Waals surface area contributed by atoms with E-state index in [9.17, 15) is 33.9 Å². The maximum absolute atomic E-state index is 13.0.